The van der Waals surface area contributed by atoms with Gasteiger partial charge in [0.15, 0.2) is 0 Å². The van der Waals surface area contributed by atoms with Crippen LogP contribution < -0.4 is 20.1 Å². The third-order valence-corrected chi connectivity index (χ3v) is 10.5. The largest absolute Gasteiger partial charge is 0.694 e. The lowest BCUT2D eigenvalue weighted by molar-refractivity contribution is -0.277. The average molecular weight is 968 g/mol. The molecular weight excluding hydrogens is 915 g/mol. The van der Waals surface area contributed by atoms with Crippen molar-refractivity contribution in [3.8, 4) is 11.5 Å². The smallest absolute Gasteiger partial charge is 0.462 e. The summed E-state index contributed by atoms with van der Waals surface area (Å²) < 4.78 is 52.4. The van der Waals surface area contributed by atoms with Crippen molar-refractivity contribution in [3.05, 3.63) is 72.3 Å². The number of nitrogens with one attached hydrogen (secondary N) is 2. The van der Waals surface area contributed by atoms with Crippen molar-refractivity contribution in [1.82, 2.24) is 30.0 Å². The average Bonchev–Trinajstić information content (AvgIpc) is 3.95. The summed E-state index contributed by atoms with van der Waals surface area (Å²) in [6.45, 7) is -0.288. The second-order valence-electron chi connectivity index (χ2n) is 15.9. The first-order valence-electron chi connectivity index (χ1n) is 20.5. The van der Waals surface area contributed by atoms with Crippen LogP contribution in [-0.4, -0.2) is 182 Å². The van der Waals surface area contributed by atoms with E-state index in [0.29, 0.717) is 22.8 Å². The number of carbonyl (C=O) groups excluding carboxylic acids is 2. The molecule has 2 aromatic carbocycles. The van der Waals surface area contributed by atoms with Gasteiger partial charge in [-0.05, 0) is 48.5 Å². The summed E-state index contributed by atoms with van der Waals surface area (Å²) in [7, 11) is -2.93. The molecule has 4 aromatic rings. The summed E-state index contributed by atoms with van der Waals surface area (Å²) in [5.41, 5.74) is 0.593. The fourth-order valence-corrected chi connectivity index (χ4v) is 7.05. The van der Waals surface area contributed by atoms with Crippen LogP contribution in [-0.2, 0) is 63.9 Å². The predicted octanol–water partition coefficient (Wildman–Crippen LogP) is -3.09. The SMILES string of the molecule is CC(COCc1cn(CC(=O)Nc2ccc(O[C@@H]3OC(CO)[C@H](O)C(O)[C@@H]3O)cc2)nn1)(COCc1cn(CC(=O)Nc2ccc(O[C@@H]3OC(CO)[C@H](O)C(O)[C@@H]3O)cc2)nn1)CO[P+](=O)O. The van der Waals surface area contributed by atoms with Gasteiger partial charge in [-0.15, -0.1) is 19.6 Å². The van der Waals surface area contributed by atoms with Gasteiger partial charge in [0.1, 0.15) is 91.4 Å². The first-order chi connectivity index (χ1) is 32.0. The Kier molecular flexibility index (Phi) is 18.1. The number of ether oxygens (including phenoxy) is 6. The van der Waals surface area contributed by atoms with Crippen LogP contribution in [0, 0.1) is 5.41 Å². The van der Waals surface area contributed by atoms with E-state index in [0.717, 1.165) is 0 Å². The van der Waals surface area contributed by atoms with Crippen LogP contribution in [0.25, 0.3) is 0 Å². The molecule has 0 saturated carbocycles. The van der Waals surface area contributed by atoms with Crippen LogP contribution in [0.1, 0.15) is 18.3 Å². The van der Waals surface area contributed by atoms with Crippen molar-refractivity contribution in [2.75, 3.05) is 43.7 Å². The zero-order chi connectivity index (χ0) is 48.3. The Bertz CT molecular complexity index is 2070. The molecule has 2 saturated heterocycles. The number of nitrogens with zero attached hydrogens (tertiary/aromatic N) is 6. The molecule has 6 rings (SSSR count). The summed E-state index contributed by atoms with van der Waals surface area (Å²) in [6, 6.07) is 12.0. The van der Waals surface area contributed by atoms with Crippen molar-refractivity contribution >= 4 is 31.4 Å². The first-order valence-corrected chi connectivity index (χ1v) is 21.6. The van der Waals surface area contributed by atoms with Gasteiger partial charge in [0, 0.05) is 21.4 Å². The number of hydrogen-bond acceptors (Lipinski definition) is 22. The summed E-state index contributed by atoms with van der Waals surface area (Å²) in [6.07, 6.45) is -11.5. The Hall–Kier alpha value is -5.20. The number of anilines is 2. The maximum absolute atomic E-state index is 12.7. The molecule has 0 radical (unpaired) electrons. The second kappa shape index (κ2) is 23.7. The van der Waals surface area contributed by atoms with Gasteiger partial charge < -0.3 is 79.9 Å². The molecule has 11 N–H and O–H groups in total. The summed E-state index contributed by atoms with van der Waals surface area (Å²) in [5.74, 6) is -0.471. The quantitative estimate of drug-likeness (QED) is 0.0328. The lowest BCUT2D eigenvalue weighted by Crippen LogP contribution is -2.60. The zero-order valence-electron chi connectivity index (χ0n) is 35.6. The molecule has 2 fully saturated rings. The minimum absolute atomic E-state index is 0.0205. The van der Waals surface area contributed by atoms with Crippen LogP contribution in [0.2, 0.25) is 0 Å². The molecule has 11 atom stereocenters. The van der Waals surface area contributed by atoms with Crippen molar-refractivity contribution in [3.63, 3.8) is 0 Å². The second-order valence-corrected chi connectivity index (χ2v) is 16.6. The van der Waals surface area contributed by atoms with Gasteiger partial charge in [0.2, 0.25) is 24.4 Å². The number of amides is 2. The Morgan fingerprint density at radius 1 is 0.657 bits per heavy atom. The van der Waals surface area contributed by atoms with Crippen LogP contribution >= 0.6 is 8.25 Å². The van der Waals surface area contributed by atoms with Gasteiger partial charge in [-0.1, -0.05) is 17.4 Å². The third kappa shape index (κ3) is 14.4. The number of carbonyl (C=O) groups is 2. The molecule has 27 nitrogen and oxygen atoms in total. The van der Waals surface area contributed by atoms with Gasteiger partial charge in [0.25, 0.3) is 0 Å². The number of aliphatic hydroxyl groups excluding tert-OH is 8. The van der Waals surface area contributed by atoms with Crippen LogP contribution in [0.15, 0.2) is 60.9 Å². The maximum Gasteiger partial charge on any atom is 0.694 e. The van der Waals surface area contributed by atoms with Gasteiger partial charge in [-0.2, -0.15) is 0 Å². The van der Waals surface area contributed by atoms with E-state index >= 15 is 0 Å². The van der Waals surface area contributed by atoms with Gasteiger partial charge in [0.05, 0.1) is 52.0 Å². The number of benzene rings is 2. The number of aromatic nitrogens is 6. The van der Waals surface area contributed by atoms with E-state index < -0.39 is 100 Å². The molecule has 366 valence electrons. The Balaban J connectivity index is 0.905. The lowest BCUT2D eigenvalue weighted by atomic mass is 9.94. The molecular formula is C39H52N8O19P+. The molecule has 2 aliphatic heterocycles. The number of hydrogen-bond donors (Lipinski definition) is 11. The number of rotatable bonds is 23. The molecule has 0 spiro atoms. The summed E-state index contributed by atoms with van der Waals surface area (Å²) in [5, 5.41) is 100. The topological polar surface area (TPSA) is 383 Å². The minimum Gasteiger partial charge on any atom is -0.462 e. The third-order valence-electron chi connectivity index (χ3n) is 10.2. The molecule has 4 heterocycles. The van der Waals surface area contributed by atoms with Gasteiger partial charge >= 0.3 is 8.25 Å². The van der Waals surface area contributed by atoms with E-state index in [-0.39, 0.29) is 57.6 Å². The molecule has 0 aliphatic carbocycles. The van der Waals surface area contributed by atoms with Crippen molar-refractivity contribution in [2.24, 2.45) is 5.41 Å². The highest BCUT2D eigenvalue weighted by Crippen LogP contribution is 2.28. The summed E-state index contributed by atoms with van der Waals surface area (Å²) in [4.78, 5) is 34.8. The molecule has 0 bridgehead atoms. The predicted molar refractivity (Wildman–Crippen MR) is 222 cm³/mol. The normalized spacial score (nSPS) is 26.3. The molecule has 67 heavy (non-hydrogen) atoms. The molecule has 2 aliphatic rings. The number of aliphatic hydroxyl groups is 8. The van der Waals surface area contributed by atoms with E-state index in [1.54, 1.807) is 6.92 Å². The van der Waals surface area contributed by atoms with Crippen molar-refractivity contribution in [1.29, 1.82) is 0 Å². The standard InChI is InChI=1S/C39H51N8O19P/c1-39(20-62-67(58)59,18-60-16-23-10-46(44-42-23)12-29(50)40-21-2-6-25(7-3-21)63-37-35(56)33(54)31(52)27(14-48)65-37)19-61-17-24-11-47(45-43-24)13-30(51)41-22-4-8-26(9-5-22)64-38-36(57)34(55)32(53)28(15-49)66-38/h2-11,27-28,31-38,48-49,52-57H,12-20H2,1H3,(H2-,40,41,50,51,58,59)/p+1/t27?,28?,31-,32-,33?,34?,35-,36-,37+,38+,39?/m0/s1. The van der Waals surface area contributed by atoms with Crippen LogP contribution in [0.4, 0.5) is 11.4 Å². The van der Waals surface area contributed by atoms with E-state index in [2.05, 4.69) is 31.3 Å². The van der Waals surface area contributed by atoms with Crippen molar-refractivity contribution < 1.29 is 92.8 Å². The van der Waals surface area contributed by atoms with Crippen LogP contribution in [0.3, 0.4) is 0 Å². The highest BCUT2D eigenvalue weighted by Gasteiger charge is 2.46. The molecule has 5 unspecified atom stereocenters. The van der Waals surface area contributed by atoms with Crippen molar-refractivity contribution in [2.45, 2.75) is 94.6 Å². The maximum atomic E-state index is 12.7. The first kappa shape index (κ1) is 51.2. The molecule has 2 aromatic heterocycles. The van der Waals surface area contributed by atoms with Crippen LogP contribution in [0.5, 0.6) is 11.5 Å². The Morgan fingerprint density at radius 2 is 1.06 bits per heavy atom. The monoisotopic (exact) mass is 967 g/mol. The molecule has 2 amide bonds. The van der Waals surface area contributed by atoms with E-state index in [1.807, 2.05) is 0 Å². The van der Waals surface area contributed by atoms with E-state index in [4.69, 9.17) is 32.9 Å². The van der Waals surface area contributed by atoms with E-state index in [1.165, 1.54) is 70.3 Å². The fraction of sp³-hybridized carbons (Fsp3) is 0.538. The zero-order valence-corrected chi connectivity index (χ0v) is 36.5. The van der Waals surface area contributed by atoms with E-state index in [9.17, 15) is 59.9 Å². The Labute approximate surface area is 381 Å². The Morgan fingerprint density at radius 3 is 1.43 bits per heavy atom. The fourth-order valence-electron chi connectivity index (χ4n) is 6.63. The van der Waals surface area contributed by atoms with Gasteiger partial charge in [-0.3, -0.25) is 9.59 Å². The lowest BCUT2D eigenvalue weighted by Gasteiger charge is -2.39. The highest BCUT2D eigenvalue weighted by atomic mass is 31.1. The molecule has 28 heteroatoms. The minimum atomic E-state index is -2.93. The summed E-state index contributed by atoms with van der Waals surface area (Å²) >= 11 is 0. The highest BCUT2D eigenvalue weighted by molar-refractivity contribution is 7.32. The van der Waals surface area contributed by atoms with Gasteiger partial charge in [-0.25, -0.2) is 9.36 Å².